The lowest BCUT2D eigenvalue weighted by Gasteiger charge is -2.17. The Balaban J connectivity index is 1.76. The number of rotatable bonds is 10. The number of anilines is 2. The number of nitrogens with one attached hydrogen (secondary N) is 2. The highest BCUT2D eigenvalue weighted by Gasteiger charge is 2.23. The Morgan fingerprint density at radius 2 is 1.59 bits per heavy atom. The fraction of sp³-hybridized carbons (Fsp3) is 0.125. The molecule has 10 heteroatoms. The van der Waals surface area contributed by atoms with Crippen LogP contribution in [0.5, 0.6) is 0 Å². The van der Waals surface area contributed by atoms with Crippen LogP contribution in [0.3, 0.4) is 0 Å². The van der Waals surface area contributed by atoms with E-state index in [0.29, 0.717) is 16.3 Å². The molecule has 1 atom stereocenters. The number of carboxylic acids is 1. The van der Waals surface area contributed by atoms with E-state index in [-0.39, 0.29) is 24.4 Å². The predicted molar refractivity (Wildman–Crippen MR) is 129 cm³/mol. The zero-order valence-corrected chi connectivity index (χ0v) is 18.7. The standard InChI is InChI=1S/C24H21N3O6S/c28-21(13-14-22(29)30)25-18-7-4-8-20(15-18)34-23(16-5-2-1-3-6-16)24(31)26-17-9-11-19(12-10-17)27(32)33/h1-12,15,23H,13-14H2,(H,25,28)(H,26,31)(H,29,30). The molecule has 0 spiro atoms. The topological polar surface area (TPSA) is 139 Å². The van der Waals surface area contributed by atoms with Gasteiger partial charge in [0.2, 0.25) is 11.8 Å². The fourth-order valence-corrected chi connectivity index (χ4v) is 4.09. The maximum Gasteiger partial charge on any atom is 0.303 e. The Kier molecular flexibility index (Phi) is 8.36. The van der Waals surface area contributed by atoms with Crippen LogP contribution in [0.4, 0.5) is 17.1 Å². The van der Waals surface area contributed by atoms with Crippen molar-refractivity contribution in [3.05, 3.63) is 94.5 Å². The van der Waals surface area contributed by atoms with Gasteiger partial charge in [0.25, 0.3) is 5.69 Å². The summed E-state index contributed by atoms with van der Waals surface area (Å²) in [5.74, 6) is -1.79. The molecule has 0 aliphatic carbocycles. The fourth-order valence-electron chi connectivity index (χ4n) is 3.00. The molecule has 174 valence electrons. The zero-order valence-electron chi connectivity index (χ0n) is 17.8. The first-order chi connectivity index (χ1) is 16.3. The van der Waals surface area contributed by atoms with E-state index in [0.717, 1.165) is 5.56 Å². The van der Waals surface area contributed by atoms with Crippen LogP contribution < -0.4 is 10.6 Å². The van der Waals surface area contributed by atoms with E-state index in [1.54, 1.807) is 24.3 Å². The van der Waals surface area contributed by atoms with Crippen molar-refractivity contribution in [2.45, 2.75) is 23.0 Å². The summed E-state index contributed by atoms with van der Waals surface area (Å²) in [6.45, 7) is 0. The van der Waals surface area contributed by atoms with E-state index in [9.17, 15) is 24.5 Å². The van der Waals surface area contributed by atoms with Crippen LogP contribution >= 0.6 is 11.8 Å². The van der Waals surface area contributed by atoms with Gasteiger partial charge in [-0.1, -0.05) is 36.4 Å². The lowest BCUT2D eigenvalue weighted by Crippen LogP contribution is -2.19. The molecule has 0 radical (unpaired) electrons. The number of hydrogen-bond acceptors (Lipinski definition) is 6. The van der Waals surface area contributed by atoms with Crippen LogP contribution in [-0.2, 0) is 14.4 Å². The maximum absolute atomic E-state index is 13.2. The molecule has 0 aliphatic heterocycles. The average Bonchev–Trinajstić information content (AvgIpc) is 2.82. The summed E-state index contributed by atoms with van der Waals surface area (Å²) in [5.41, 5.74) is 1.59. The molecule has 0 aromatic heterocycles. The number of amides is 2. The Bertz CT molecular complexity index is 1180. The summed E-state index contributed by atoms with van der Waals surface area (Å²) in [5, 5.41) is 24.4. The first-order valence-corrected chi connectivity index (χ1v) is 11.1. The number of carboxylic acid groups (broad SMARTS) is 1. The highest BCUT2D eigenvalue weighted by molar-refractivity contribution is 8.00. The number of benzene rings is 3. The van der Waals surface area contributed by atoms with Crippen molar-refractivity contribution >= 4 is 46.6 Å². The van der Waals surface area contributed by atoms with Crippen LogP contribution in [0.15, 0.2) is 83.8 Å². The molecule has 0 fully saturated rings. The monoisotopic (exact) mass is 479 g/mol. The molecule has 0 bridgehead atoms. The van der Waals surface area contributed by atoms with Crippen molar-refractivity contribution in [1.82, 2.24) is 0 Å². The van der Waals surface area contributed by atoms with Gasteiger partial charge in [0.05, 0.1) is 11.3 Å². The highest BCUT2D eigenvalue weighted by atomic mass is 32.2. The van der Waals surface area contributed by atoms with E-state index in [4.69, 9.17) is 5.11 Å². The van der Waals surface area contributed by atoms with Gasteiger partial charge in [0.1, 0.15) is 5.25 Å². The van der Waals surface area contributed by atoms with Gasteiger partial charge in [-0.3, -0.25) is 24.5 Å². The summed E-state index contributed by atoms with van der Waals surface area (Å²) in [4.78, 5) is 46.8. The number of carbonyl (C=O) groups excluding carboxylic acids is 2. The molecule has 0 saturated heterocycles. The lowest BCUT2D eigenvalue weighted by molar-refractivity contribution is -0.384. The molecule has 0 saturated carbocycles. The molecule has 2 amide bonds. The second-order valence-corrected chi connectivity index (χ2v) is 8.35. The summed E-state index contributed by atoms with van der Waals surface area (Å²) < 4.78 is 0. The first-order valence-electron chi connectivity index (χ1n) is 10.2. The molecule has 3 aromatic carbocycles. The van der Waals surface area contributed by atoms with Gasteiger partial charge < -0.3 is 15.7 Å². The largest absolute Gasteiger partial charge is 0.481 e. The molecule has 0 heterocycles. The van der Waals surface area contributed by atoms with Gasteiger partial charge in [-0.15, -0.1) is 11.8 Å². The Morgan fingerprint density at radius 1 is 0.882 bits per heavy atom. The SMILES string of the molecule is O=C(O)CCC(=O)Nc1cccc(SC(C(=O)Nc2ccc([N+](=O)[O-])cc2)c2ccccc2)c1. The number of nitrogens with zero attached hydrogens (tertiary/aromatic N) is 1. The third-order valence-electron chi connectivity index (χ3n) is 4.62. The summed E-state index contributed by atoms with van der Waals surface area (Å²) in [7, 11) is 0. The number of nitro benzene ring substituents is 1. The van der Waals surface area contributed by atoms with E-state index >= 15 is 0 Å². The number of carbonyl (C=O) groups is 3. The van der Waals surface area contributed by atoms with Crippen LogP contribution in [0.25, 0.3) is 0 Å². The normalized spacial score (nSPS) is 11.3. The average molecular weight is 480 g/mol. The predicted octanol–water partition coefficient (Wildman–Crippen LogP) is 4.87. The van der Waals surface area contributed by atoms with Crippen LogP contribution in [0, 0.1) is 10.1 Å². The number of nitro groups is 1. The number of non-ortho nitro benzene ring substituents is 1. The van der Waals surface area contributed by atoms with E-state index in [1.807, 2.05) is 30.3 Å². The summed E-state index contributed by atoms with van der Waals surface area (Å²) in [6.07, 6.45) is -0.407. The van der Waals surface area contributed by atoms with Crippen LogP contribution in [0.2, 0.25) is 0 Å². The molecule has 0 aliphatic rings. The minimum Gasteiger partial charge on any atom is -0.481 e. The van der Waals surface area contributed by atoms with Crippen molar-refractivity contribution in [3.8, 4) is 0 Å². The molecule has 1 unspecified atom stereocenters. The molecule has 3 rings (SSSR count). The smallest absolute Gasteiger partial charge is 0.303 e. The third-order valence-corrected chi connectivity index (χ3v) is 5.87. The number of aliphatic carboxylic acids is 1. The first kappa shape index (κ1) is 24.5. The van der Waals surface area contributed by atoms with Crippen molar-refractivity contribution in [2.75, 3.05) is 10.6 Å². The second-order valence-electron chi connectivity index (χ2n) is 7.17. The number of hydrogen-bond donors (Lipinski definition) is 3. The summed E-state index contributed by atoms with van der Waals surface area (Å²) in [6, 6.07) is 21.6. The Labute approximate surface area is 199 Å². The zero-order chi connectivity index (χ0) is 24.5. The minimum atomic E-state index is -1.05. The molecule has 9 nitrogen and oxygen atoms in total. The summed E-state index contributed by atoms with van der Waals surface area (Å²) >= 11 is 1.27. The molecule has 3 aromatic rings. The Morgan fingerprint density at radius 3 is 2.24 bits per heavy atom. The van der Waals surface area contributed by atoms with Gasteiger partial charge >= 0.3 is 5.97 Å². The lowest BCUT2D eigenvalue weighted by atomic mass is 10.1. The molecule has 34 heavy (non-hydrogen) atoms. The van der Waals surface area contributed by atoms with Gasteiger partial charge in [0.15, 0.2) is 0 Å². The Hall–Kier alpha value is -4.18. The third kappa shape index (κ3) is 7.17. The van der Waals surface area contributed by atoms with E-state index < -0.39 is 22.0 Å². The van der Waals surface area contributed by atoms with Crippen molar-refractivity contribution in [1.29, 1.82) is 0 Å². The second kappa shape index (κ2) is 11.6. The van der Waals surface area contributed by atoms with Gasteiger partial charge in [-0.05, 0) is 35.9 Å². The molecular weight excluding hydrogens is 458 g/mol. The van der Waals surface area contributed by atoms with Crippen LogP contribution in [-0.4, -0.2) is 27.8 Å². The van der Waals surface area contributed by atoms with Gasteiger partial charge in [0, 0.05) is 34.8 Å². The molecular formula is C24H21N3O6S. The van der Waals surface area contributed by atoms with Crippen molar-refractivity contribution < 1.29 is 24.4 Å². The van der Waals surface area contributed by atoms with E-state index in [1.165, 1.54) is 36.0 Å². The molecule has 3 N–H and O–H groups in total. The van der Waals surface area contributed by atoms with Gasteiger partial charge in [-0.25, -0.2) is 0 Å². The van der Waals surface area contributed by atoms with Crippen molar-refractivity contribution in [2.24, 2.45) is 0 Å². The van der Waals surface area contributed by atoms with Crippen molar-refractivity contribution in [3.63, 3.8) is 0 Å². The minimum absolute atomic E-state index is 0.0748. The maximum atomic E-state index is 13.2. The van der Waals surface area contributed by atoms with Crippen LogP contribution in [0.1, 0.15) is 23.7 Å². The van der Waals surface area contributed by atoms with E-state index in [2.05, 4.69) is 10.6 Å². The highest BCUT2D eigenvalue weighted by Crippen LogP contribution is 2.37. The van der Waals surface area contributed by atoms with Gasteiger partial charge in [-0.2, -0.15) is 0 Å². The quantitative estimate of drug-likeness (QED) is 0.214. The number of thioether (sulfide) groups is 1.